The highest BCUT2D eigenvalue weighted by Crippen LogP contribution is 2.25. The van der Waals surface area contributed by atoms with Crippen molar-refractivity contribution in [2.45, 2.75) is 33.1 Å². The molecule has 0 aliphatic heterocycles. The van der Waals surface area contributed by atoms with Crippen LogP contribution in [0.25, 0.3) is 11.4 Å². The van der Waals surface area contributed by atoms with Gasteiger partial charge in [0.15, 0.2) is 5.82 Å². The molecule has 1 aromatic heterocycles. The molecule has 27 heavy (non-hydrogen) atoms. The molecule has 2 aromatic carbocycles. The van der Waals surface area contributed by atoms with E-state index in [1.54, 1.807) is 10.9 Å². The summed E-state index contributed by atoms with van der Waals surface area (Å²) in [5.41, 5.74) is 3.20. The van der Waals surface area contributed by atoms with Gasteiger partial charge in [0.25, 0.3) is 0 Å². The van der Waals surface area contributed by atoms with E-state index in [4.69, 9.17) is 17.0 Å². The van der Waals surface area contributed by atoms with Crippen molar-refractivity contribution in [1.29, 1.82) is 0 Å². The molecule has 1 N–H and O–H groups in total. The molecule has 0 unspecified atom stereocenters. The van der Waals surface area contributed by atoms with Gasteiger partial charge in [0.2, 0.25) is 4.77 Å². The lowest BCUT2D eigenvalue weighted by molar-refractivity contribution is 0.340. The molecule has 0 amide bonds. The number of nitrogens with zero attached hydrogens (tertiary/aromatic N) is 3. The normalized spacial score (nSPS) is 11.9. The van der Waals surface area contributed by atoms with E-state index in [-0.39, 0.29) is 5.41 Å². The minimum Gasteiger partial charge on any atom is -0.493 e. The minimum absolute atomic E-state index is 0.102. The van der Waals surface area contributed by atoms with Crippen molar-refractivity contribution >= 4 is 18.4 Å². The Morgan fingerprint density at radius 3 is 2.52 bits per heavy atom. The van der Waals surface area contributed by atoms with E-state index in [9.17, 15) is 0 Å². The van der Waals surface area contributed by atoms with Gasteiger partial charge in [0.05, 0.1) is 12.8 Å². The second-order valence-corrected chi connectivity index (χ2v) is 7.59. The van der Waals surface area contributed by atoms with E-state index in [1.165, 1.54) is 5.56 Å². The van der Waals surface area contributed by atoms with Crippen molar-refractivity contribution < 1.29 is 4.74 Å². The van der Waals surface area contributed by atoms with Crippen LogP contribution in [0, 0.1) is 4.77 Å². The smallest absolute Gasteiger partial charge is 0.216 e. The zero-order chi connectivity index (χ0) is 19.4. The van der Waals surface area contributed by atoms with Crippen molar-refractivity contribution in [3.05, 3.63) is 64.4 Å². The molecule has 1 heterocycles. The molecule has 0 aliphatic rings. The van der Waals surface area contributed by atoms with Crippen molar-refractivity contribution in [3.63, 3.8) is 0 Å². The first-order valence-electron chi connectivity index (χ1n) is 8.94. The largest absolute Gasteiger partial charge is 0.493 e. The van der Waals surface area contributed by atoms with Gasteiger partial charge < -0.3 is 4.74 Å². The molecule has 0 fully saturated rings. The van der Waals surface area contributed by atoms with Gasteiger partial charge >= 0.3 is 0 Å². The van der Waals surface area contributed by atoms with Crippen molar-refractivity contribution in [2.75, 3.05) is 6.61 Å². The van der Waals surface area contributed by atoms with E-state index in [0.717, 1.165) is 16.9 Å². The van der Waals surface area contributed by atoms with Gasteiger partial charge in [-0.1, -0.05) is 57.2 Å². The number of hydrogen-bond donors (Lipinski definition) is 1. The number of rotatable bonds is 5. The minimum atomic E-state index is 0.102. The average molecular weight is 381 g/mol. The van der Waals surface area contributed by atoms with Crippen molar-refractivity contribution in [1.82, 2.24) is 14.9 Å². The number of nitrogens with one attached hydrogen (secondary N) is 1. The SMILES string of the molecule is CCOc1ccccc1/C=N/n1c(-c2ccc(C(C)(C)C)cc2)n[nH]c1=S. The summed E-state index contributed by atoms with van der Waals surface area (Å²) < 4.78 is 7.72. The Labute approximate surface area is 164 Å². The van der Waals surface area contributed by atoms with Crippen LogP contribution >= 0.6 is 12.2 Å². The molecular weight excluding hydrogens is 356 g/mol. The third-order valence-electron chi connectivity index (χ3n) is 4.19. The molecule has 0 aliphatic carbocycles. The molecule has 5 nitrogen and oxygen atoms in total. The van der Waals surface area contributed by atoms with E-state index in [1.807, 2.05) is 43.3 Å². The lowest BCUT2D eigenvalue weighted by atomic mass is 9.87. The average Bonchev–Trinajstić information content (AvgIpc) is 3.01. The van der Waals surface area contributed by atoms with Crippen LogP contribution in [0.15, 0.2) is 53.6 Å². The van der Waals surface area contributed by atoms with E-state index in [0.29, 0.717) is 17.2 Å². The second-order valence-electron chi connectivity index (χ2n) is 7.21. The standard InChI is InChI=1S/C21H24N4OS/c1-5-26-18-9-7-6-8-16(18)14-22-25-19(23-24-20(25)27)15-10-12-17(13-11-15)21(2,3)4/h6-14H,5H2,1-4H3,(H,24,27)/b22-14+. The van der Waals surface area contributed by atoms with Crippen LogP contribution in [0.2, 0.25) is 0 Å². The molecule has 0 spiro atoms. The number of aromatic nitrogens is 3. The topological polar surface area (TPSA) is 55.2 Å². The highest BCUT2D eigenvalue weighted by molar-refractivity contribution is 7.71. The summed E-state index contributed by atoms with van der Waals surface area (Å²) in [5.74, 6) is 1.46. The molecular formula is C21H24N4OS. The Morgan fingerprint density at radius 2 is 1.85 bits per heavy atom. The van der Waals surface area contributed by atoms with Gasteiger partial charge in [-0.3, -0.25) is 0 Å². The number of benzene rings is 2. The fourth-order valence-corrected chi connectivity index (χ4v) is 2.88. The summed E-state index contributed by atoms with van der Waals surface area (Å²) in [5, 5.41) is 11.7. The summed E-state index contributed by atoms with van der Waals surface area (Å²) in [6, 6.07) is 16.1. The molecule has 0 bridgehead atoms. The van der Waals surface area contributed by atoms with E-state index < -0.39 is 0 Å². The first-order valence-corrected chi connectivity index (χ1v) is 9.35. The maximum atomic E-state index is 5.65. The summed E-state index contributed by atoms with van der Waals surface area (Å²) >= 11 is 5.36. The Balaban J connectivity index is 1.95. The predicted molar refractivity (Wildman–Crippen MR) is 112 cm³/mol. The Morgan fingerprint density at radius 1 is 1.15 bits per heavy atom. The van der Waals surface area contributed by atoms with Crippen LogP contribution in [-0.2, 0) is 5.41 Å². The lowest BCUT2D eigenvalue weighted by Gasteiger charge is -2.18. The number of hydrogen-bond acceptors (Lipinski definition) is 4. The monoisotopic (exact) mass is 380 g/mol. The van der Waals surface area contributed by atoms with Gasteiger partial charge in [-0.15, -0.1) is 0 Å². The lowest BCUT2D eigenvalue weighted by Crippen LogP contribution is -2.10. The Hall–Kier alpha value is -2.73. The molecule has 0 atom stereocenters. The quantitative estimate of drug-likeness (QED) is 0.490. The highest BCUT2D eigenvalue weighted by atomic mass is 32.1. The molecule has 3 rings (SSSR count). The third-order valence-corrected chi connectivity index (χ3v) is 4.45. The molecule has 0 radical (unpaired) electrons. The summed E-state index contributed by atoms with van der Waals surface area (Å²) in [4.78, 5) is 0. The number of ether oxygens (including phenoxy) is 1. The van der Waals surface area contributed by atoms with Crippen LogP contribution in [0.3, 0.4) is 0 Å². The third kappa shape index (κ3) is 4.34. The first kappa shape index (κ1) is 19.0. The molecule has 0 saturated heterocycles. The summed E-state index contributed by atoms with van der Waals surface area (Å²) in [6.07, 6.45) is 1.74. The van der Waals surface area contributed by atoms with Crippen LogP contribution in [0.1, 0.15) is 38.8 Å². The first-order chi connectivity index (χ1) is 12.9. The molecule has 3 aromatic rings. The summed E-state index contributed by atoms with van der Waals surface area (Å²) in [7, 11) is 0. The van der Waals surface area contributed by atoms with Gasteiger partial charge in [0.1, 0.15) is 5.75 Å². The second kappa shape index (κ2) is 7.88. The fraction of sp³-hybridized carbons (Fsp3) is 0.286. The van der Waals surface area contributed by atoms with Crippen LogP contribution in [-0.4, -0.2) is 27.7 Å². The fourth-order valence-electron chi connectivity index (χ4n) is 2.70. The molecule has 140 valence electrons. The van der Waals surface area contributed by atoms with Gasteiger partial charge in [-0.25, -0.2) is 5.10 Å². The Bertz CT molecular complexity index is 994. The van der Waals surface area contributed by atoms with Crippen LogP contribution in [0.5, 0.6) is 5.75 Å². The number of para-hydroxylation sites is 1. The van der Waals surface area contributed by atoms with Crippen LogP contribution < -0.4 is 4.74 Å². The number of H-pyrrole nitrogens is 1. The van der Waals surface area contributed by atoms with Gasteiger partial charge in [-0.2, -0.15) is 14.9 Å². The maximum absolute atomic E-state index is 5.65. The molecule has 6 heteroatoms. The van der Waals surface area contributed by atoms with E-state index in [2.05, 4.69) is 48.2 Å². The van der Waals surface area contributed by atoms with Gasteiger partial charge in [0, 0.05) is 11.1 Å². The van der Waals surface area contributed by atoms with E-state index >= 15 is 0 Å². The van der Waals surface area contributed by atoms with Crippen molar-refractivity contribution in [2.24, 2.45) is 5.10 Å². The highest BCUT2D eigenvalue weighted by Gasteiger charge is 2.14. The number of aromatic amines is 1. The van der Waals surface area contributed by atoms with Gasteiger partial charge in [-0.05, 0) is 42.3 Å². The Kier molecular flexibility index (Phi) is 5.56. The zero-order valence-corrected chi connectivity index (χ0v) is 16.9. The summed E-state index contributed by atoms with van der Waals surface area (Å²) in [6.45, 7) is 9.13. The molecule has 0 saturated carbocycles. The zero-order valence-electron chi connectivity index (χ0n) is 16.1. The van der Waals surface area contributed by atoms with Crippen LogP contribution in [0.4, 0.5) is 0 Å². The van der Waals surface area contributed by atoms with Crippen molar-refractivity contribution in [3.8, 4) is 17.1 Å². The predicted octanol–water partition coefficient (Wildman–Crippen LogP) is 5.19. The maximum Gasteiger partial charge on any atom is 0.216 e.